The number of benzene rings is 1. The van der Waals surface area contributed by atoms with E-state index in [0.717, 1.165) is 35.3 Å². The van der Waals surface area contributed by atoms with Gasteiger partial charge < -0.3 is 4.90 Å². The Morgan fingerprint density at radius 1 is 1.29 bits per heavy atom. The molecule has 4 rings (SSSR count). The van der Waals surface area contributed by atoms with E-state index in [9.17, 15) is 9.59 Å². The number of para-hydroxylation sites is 1. The lowest BCUT2D eigenvalue weighted by Crippen LogP contribution is -2.34. The quantitative estimate of drug-likeness (QED) is 0.737. The maximum absolute atomic E-state index is 12.8. The van der Waals surface area contributed by atoms with Gasteiger partial charge in [-0.25, -0.2) is 4.98 Å². The SMILES string of the molecule is CN(C(=O)Cn1cnc2sc3c(c2c1=O)CCC3)c1ccccc1. The molecule has 0 bridgehead atoms. The summed E-state index contributed by atoms with van der Waals surface area (Å²) in [7, 11) is 1.72. The van der Waals surface area contributed by atoms with Gasteiger partial charge in [-0.2, -0.15) is 0 Å². The summed E-state index contributed by atoms with van der Waals surface area (Å²) in [5, 5.41) is 0.713. The highest BCUT2D eigenvalue weighted by atomic mass is 32.1. The zero-order valence-electron chi connectivity index (χ0n) is 13.4. The molecule has 6 heteroatoms. The van der Waals surface area contributed by atoms with Crippen molar-refractivity contribution < 1.29 is 4.79 Å². The highest BCUT2D eigenvalue weighted by Gasteiger charge is 2.22. The number of nitrogens with zero attached hydrogens (tertiary/aromatic N) is 3. The van der Waals surface area contributed by atoms with E-state index in [-0.39, 0.29) is 18.0 Å². The van der Waals surface area contributed by atoms with Crippen LogP contribution in [0.5, 0.6) is 0 Å². The topological polar surface area (TPSA) is 55.2 Å². The predicted octanol–water partition coefficient (Wildman–Crippen LogP) is 2.61. The van der Waals surface area contributed by atoms with Crippen LogP contribution >= 0.6 is 11.3 Å². The molecule has 1 aliphatic carbocycles. The Labute approximate surface area is 143 Å². The molecule has 24 heavy (non-hydrogen) atoms. The first-order valence-electron chi connectivity index (χ1n) is 7.96. The van der Waals surface area contributed by atoms with Crippen molar-refractivity contribution in [2.75, 3.05) is 11.9 Å². The molecule has 1 aliphatic rings. The highest BCUT2D eigenvalue weighted by molar-refractivity contribution is 7.18. The normalized spacial score (nSPS) is 13.2. The first kappa shape index (κ1) is 15.1. The molecule has 2 heterocycles. The molecule has 1 aromatic carbocycles. The molecule has 3 aromatic rings. The summed E-state index contributed by atoms with van der Waals surface area (Å²) < 4.78 is 1.43. The van der Waals surface area contributed by atoms with Crippen LogP contribution in [-0.2, 0) is 24.2 Å². The second kappa shape index (κ2) is 5.87. The van der Waals surface area contributed by atoms with Crippen LogP contribution in [0.3, 0.4) is 0 Å². The summed E-state index contributed by atoms with van der Waals surface area (Å²) in [6.07, 6.45) is 4.56. The maximum atomic E-state index is 12.8. The van der Waals surface area contributed by atoms with E-state index < -0.39 is 0 Å². The third-order valence-corrected chi connectivity index (χ3v) is 5.71. The van der Waals surface area contributed by atoms with E-state index in [2.05, 4.69) is 4.98 Å². The number of anilines is 1. The lowest BCUT2D eigenvalue weighted by Gasteiger charge is -2.17. The average molecular weight is 339 g/mol. The van der Waals surface area contributed by atoms with Crippen LogP contribution in [0.15, 0.2) is 41.5 Å². The molecule has 0 spiro atoms. The molecule has 2 aromatic heterocycles. The van der Waals surface area contributed by atoms with Crippen molar-refractivity contribution in [1.29, 1.82) is 0 Å². The third-order valence-electron chi connectivity index (χ3n) is 4.52. The van der Waals surface area contributed by atoms with Crippen LogP contribution in [0.2, 0.25) is 0 Å². The van der Waals surface area contributed by atoms with Gasteiger partial charge in [-0.3, -0.25) is 14.2 Å². The van der Waals surface area contributed by atoms with Crippen molar-refractivity contribution in [3.05, 3.63) is 57.5 Å². The van der Waals surface area contributed by atoms with Crippen LogP contribution in [0.1, 0.15) is 16.9 Å². The van der Waals surface area contributed by atoms with Crippen molar-refractivity contribution in [1.82, 2.24) is 9.55 Å². The Morgan fingerprint density at radius 3 is 2.88 bits per heavy atom. The summed E-state index contributed by atoms with van der Waals surface area (Å²) in [4.78, 5) is 33.4. The summed E-state index contributed by atoms with van der Waals surface area (Å²) >= 11 is 1.61. The molecule has 1 amide bonds. The third kappa shape index (κ3) is 2.43. The number of aromatic nitrogens is 2. The Balaban J connectivity index is 1.66. The number of hydrogen-bond donors (Lipinski definition) is 0. The number of hydrogen-bond acceptors (Lipinski definition) is 4. The van der Waals surface area contributed by atoms with Gasteiger partial charge in [0, 0.05) is 17.6 Å². The van der Waals surface area contributed by atoms with Crippen molar-refractivity contribution in [3.8, 4) is 0 Å². The molecule has 0 saturated heterocycles. The van der Waals surface area contributed by atoms with E-state index in [4.69, 9.17) is 0 Å². The number of fused-ring (bicyclic) bond motifs is 3. The second-order valence-corrected chi connectivity index (χ2v) is 7.09. The lowest BCUT2D eigenvalue weighted by molar-refractivity contribution is -0.118. The summed E-state index contributed by atoms with van der Waals surface area (Å²) in [6, 6.07) is 9.41. The number of thiophene rings is 1. The molecular weight excluding hydrogens is 322 g/mol. The number of carbonyl (C=O) groups is 1. The Kier molecular flexibility index (Phi) is 3.69. The number of carbonyl (C=O) groups excluding carboxylic acids is 1. The van der Waals surface area contributed by atoms with E-state index >= 15 is 0 Å². The largest absolute Gasteiger partial charge is 0.314 e. The van der Waals surface area contributed by atoms with Crippen LogP contribution < -0.4 is 10.5 Å². The van der Waals surface area contributed by atoms with Crippen molar-refractivity contribution in [3.63, 3.8) is 0 Å². The Morgan fingerprint density at radius 2 is 2.08 bits per heavy atom. The molecule has 0 N–H and O–H groups in total. The van der Waals surface area contributed by atoms with Crippen LogP contribution in [-0.4, -0.2) is 22.5 Å². The number of aryl methyl sites for hydroxylation is 2. The highest BCUT2D eigenvalue weighted by Crippen LogP contribution is 2.34. The zero-order chi connectivity index (χ0) is 16.7. The Bertz CT molecular complexity index is 975. The predicted molar refractivity (Wildman–Crippen MR) is 95.8 cm³/mol. The first-order chi connectivity index (χ1) is 11.6. The average Bonchev–Trinajstić information content (AvgIpc) is 3.18. The number of likely N-dealkylation sites (N-methyl/N-ethyl adjacent to an activating group) is 1. The smallest absolute Gasteiger partial charge is 0.262 e. The van der Waals surface area contributed by atoms with Crippen LogP contribution in [0.25, 0.3) is 10.2 Å². The van der Waals surface area contributed by atoms with Crippen LogP contribution in [0.4, 0.5) is 5.69 Å². The maximum Gasteiger partial charge on any atom is 0.262 e. The summed E-state index contributed by atoms with van der Waals surface area (Å²) in [6.45, 7) is -0.00219. The summed E-state index contributed by atoms with van der Waals surface area (Å²) in [5.74, 6) is -0.142. The van der Waals surface area contributed by atoms with Gasteiger partial charge in [0.2, 0.25) is 5.91 Å². The minimum absolute atomic E-state index is 0.00219. The molecule has 0 unspecified atom stereocenters. The fourth-order valence-corrected chi connectivity index (χ4v) is 4.40. The second-order valence-electron chi connectivity index (χ2n) is 6.00. The van der Waals surface area contributed by atoms with Gasteiger partial charge in [-0.15, -0.1) is 11.3 Å². The van der Waals surface area contributed by atoms with Crippen molar-refractivity contribution >= 4 is 33.1 Å². The van der Waals surface area contributed by atoms with E-state index in [1.54, 1.807) is 23.3 Å². The van der Waals surface area contributed by atoms with Crippen LogP contribution in [0, 0.1) is 0 Å². The fraction of sp³-hybridized carbons (Fsp3) is 0.278. The standard InChI is InChI=1S/C18H17N3O2S/c1-20(12-6-3-2-4-7-12)15(22)10-21-11-19-17-16(18(21)23)13-8-5-9-14(13)24-17/h2-4,6-7,11H,5,8-10H2,1H3. The minimum Gasteiger partial charge on any atom is -0.314 e. The molecule has 0 aliphatic heterocycles. The molecule has 0 fully saturated rings. The van der Waals surface area contributed by atoms with Gasteiger partial charge in [0.25, 0.3) is 5.56 Å². The van der Waals surface area contributed by atoms with E-state index in [1.165, 1.54) is 15.8 Å². The fourth-order valence-electron chi connectivity index (χ4n) is 3.18. The van der Waals surface area contributed by atoms with Gasteiger partial charge in [0.05, 0.1) is 11.7 Å². The van der Waals surface area contributed by atoms with Gasteiger partial charge in [0.15, 0.2) is 0 Å². The minimum atomic E-state index is -0.142. The lowest BCUT2D eigenvalue weighted by atomic mass is 10.2. The van der Waals surface area contributed by atoms with Gasteiger partial charge in [0.1, 0.15) is 11.4 Å². The summed E-state index contributed by atoms with van der Waals surface area (Å²) in [5.41, 5.74) is 1.85. The number of rotatable bonds is 3. The first-order valence-corrected chi connectivity index (χ1v) is 8.78. The van der Waals surface area contributed by atoms with Crippen molar-refractivity contribution in [2.24, 2.45) is 0 Å². The van der Waals surface area contributed by atoms with E-state index in [0.29, 0.717) is 5.39 Å². The Hall–Kier alpha value is -2.47. The van der Waals surface area contributed by atoms with Gasteiger partial charge in [-0.05, 0) is 37.0 Å². The molecule has 0 radical (unpaired) electrons. The van der Waals surface area contributed by atoms with Gasteiger partial charge >= 0.3 is 0 Å². The molecule has 0 saturated carbocycles. The monoisotopic (exact) mass is 339 g/mol. The molecule has 0 atom stereocenters. The molecular formula is C18H17N3O2S. The zero-order valence-corrected chi connectivity index (χ0v) is 14.2. The molecule has 5 nitrogen and oxygen atoms in total. The van der Waals surface area contributed by atoms with E-state index in [1.807, 2.05) is 30.3 Å². The van der Waals surface area contributed by atoms with Gasteiger partial charge in [-0.1, -0.05) is 18.2 Å². The number of amides is 1. The molecule has 122 valence electrons. The van der Waals surface area contributed by atoms with Crippen molar-refractivity contribution in [2.45, 2.75) is 25.8 Å².